The van der Waals surface area contributed by atoms with Crippen molar-refractivity contribution in [3.8, 4) is 0 Å². The number of anilines is 3. The lowest BCUT2D eigenvalue weighted by Gasteiger charge is -2.22. The lowest BCUT2D eigenvalue weighted by Crippen LogP contribution is -2.19. The molecule has 0 spiro atoms. The summed E-state index contributed by atoms with van der Waals surface area (Å²) in [5, 5.41) is 0. The summed E-state index contributed by atoms with van der Waals surface area (Å²) in [5.74, 6) is -2.59. The van der Waals surface area contributed by atoms with E-state index >= 15 is 0 Å². The molecule has 0 aliphatic rings. The Balaban J connectivity index is 2.47. The fourth-order valence-electron chi connectivity index (χ4n) is 1.74. The highest BCUT2D eigenvalue weighted by Crippen LogP contribution is 2.27. The minimum Gasteiger partial charge on any atom is -0.381 e. The molecule has 19 heavy (non-hydrogen) atoms. The van der Waals surface area contributed by atoms with Crippen LogP contribution in [0.1, 0.15) is 6.92 Å². The van der Waals surface area contributed by atoms with Gasteiger partial charge in [-0.05, 0) is 31.2 Å². The fourth-order valence-corrected chi connectivity index (χ4v) is 1.74. The molecule has 100 valence electrons. The van der Waals surface area contributed by atoms with Crippen LogP contribution in [0.3, 0.4) is 0 Å². The molecule has 0 amide bonds. The van der Waals surface area contributed by atoms with E-state index < -0.39 is 17.5 Å². The van der Waals surface area contributed by atoms with Crippen LogP contribution in [-0.2, 0) is 0 Å². The van der Waals surface area contributed by atoms with Gasteiger partial charge in [0.2, 0.25) is 0 Å². The largest absolute Gasteiger partial charge is 0.381 e. The number of hydrogen-bond donors (Lipinski definition) is 1. The Morgan fingerprint density at radius 1 is 1.11 bits per heavy atom. The molecule has 0 atom stereocenters. The van der Waals surface area contributed by atoms with Crippen molar-refractivity contribution in [3.63, 3.8) is 0 Å². The fraction of sp³-hybridized carbons (Fsp3) is 0.154. The standard InChI is InChI=1S/C13H12F3N3/c1-2-19(9-5-3-8(14)4-6-9)13-11(16)7-10(15)12(17)18-13/h3-7H,2H2,1H3,(H2,17,18). The highest BCUT2D eigenvalue weighted by Gasteiger charge is 2.16. The van der Waals surface area contributed by atoms with Gasteiger partial charge in [0.15, 0.2) is 23.3 Å². The predicted molar refractivity (Wildman–Crippen MR) is 67.6 cm³/mol. The predicted octanol–water partition coefficient (Wildman–Crippen LogP) is 3.24. The van der Waals surface area contributed by atoms with Crippen LogP contribution in [0.25, 0.3) is 0 Å². The summed E-state index contributed by atoms with van der Waals surface area (Å²) >= 11 is 0. The Bertz CT molecular complexity index is 584. The molecule has 6 heteroatoms. The van der Waals surface area contributed by atoms with Gasteiger partial charge in [-0.1, -0.05) is 0 Å². The summed E-state index contributed by atoms with van der Waals surface area (Å²) in [5.41, 5.74) is 5.89. The third-order valence-electron chi connectivity index (χ3n) is 2.65. The van der Waals surface area contributed by atoms with Gasteiger partial charge in [0.1, 0.15) is 5.82 Å². The van der Waals surface area contributed by atoms with Gasteiger partial charge in [0.05, 0.1) is 0 Å². The third kappa shape index (κ3) is 2.62. The first-order chi connectivity index (χ1) is 9.02. The number of hydrogen-bond acceptors (Lipinski definition) is 3. The van der Waals surface area contributed by atoms with E-state index in [1.54, 1.807) is 6.92 Å². The SMILES string of the molecule is CCN(c1ccc(F)cc1)c1nc(N)c(F)cc1F. The third-order valence-corrected chi connectivity index (χ3v) is 2.65. The molecule has 0 aliphatic carbocycles. The Morgan fingerprint density at radius 2 is 1.74 bits per heavy atom. The quantitative estimate of drug-likeness (QED) is 0.928. The maximum Gasteiger partial charge on any atom is 0.171 e. The van der Waals surface area contributed by atoms with Gasteiger partial charge < -0.3 is 10.6 Å². The molecule has 1 aromatic heterocycles. The van der Waals surface area contributed by atoms with Gasteiger partial charge in [0, 0.05) is 18.3 Å². The molecule has 0 unspecified atom stereocenters. The molecule has 2 rings (SSSR count). The summed E-state index contributed by atoms with van der Waals surface area (Å²) in [7, 11) is 0. The van der Waals surface area contributed by atoms with Crippen LogP contribution in [-0.4, -0.2) is 11.5 Å². The average molecular weight is 267 g/mol. The Morgan fingerprint density at radius 3 is 2.32 bits per heavy atom. The summed E-state index contributed by atoms with van der Waals surface area (Å²) in [4.78, 5) is 5.18. The molecular weight excluding hydrogens is 255 g/mol. The zero-order chi connectivity index (χ0) is 14.0. The van der Waals surface area contributed by atoms with Crippen molar-refractivity contribution in [2.45, 2.75) is 6.92 Å². The second-order valence-electron chi connectivity index (χ2n) is 3.88. The monoisotopic (exact) mass is 267 g/mol. The topological polar surface area (TPSA) is 42.2 Å². The van der Waals surface area contributed by atoms with Crippen LogP contribution >= 0.6 is 0 Å². The molecular formula is C13H12F3N3. The maximum atomic E-state index is 13.8. The van der Waals surface area contributed by atoms with E-state index in [1.807, 2.05) is 0 Å². The molecule has 0 radical (unpaired) electrons. The summed E-state index contributed by atoms with van der Waals surface area (Å²) in [6.07, 6.45) is 0. The molecule has 0 aliphatic heterocycles. The van der Waals surface area contributed by atoms with Crippen molar-refractivity contribution in [2.75, 3.05) is 17.2 Å². The van der Waals surface area contributed by atoms with Gasteiger partial charge >= 0.3 is 0 Å². The van der Waals surface area contributed by atoms with Crippen molar-refractivity contribution in [1.82, 2.24) is 4.98 Å². The van der Waals surface area contributed by atoms with Gasteiger partial charge in [-0.15, -0.1) is 0 Å². The molecule has 0 fully saturated rings. The van der Waals surface area contributed by atoms with E-state index in [0.717, 1.165) is 0 Å². The number of pyridine rings is 1. The number of nitrogens with two attached hydrogens (primary N) is 1. The van der Waals surface area contributed by atoms with E-state index in [1.165, 1.54) is 29.2 Å². The number of nitrogen functional groups attached to an aromatic ring is 1. The van der Waals surface area contributed by atoms with Crippen molar-refractivity contribution >= 4 is 17.3 Å². The minimum atomic E-state index is -0.906. The summed E-state index contributed by atoms with van der Waals surface area (Å²) in [6.45, 7) is 2.14. The molecule has 0 bridgehead atoms. The van der Waals surface area contributed by atoms with Crippen molar-refractivity contribution in [3.05, 3.63) is 47.8 Å². The van der Waals surface area contributed by atoms with Gasteiger partial charge in [-0.3, -0.25) is 0 Å². The molecule has 1 heterocycles. The summed E-state index contributed by atoms with van der Waals surface area (Å²) < 4.78 is 39.7. The lowest BCUT2D eigenvalue weighted by molar-refractivity contribution is 0.576. The summed E-state index contributed by atoms with van der Waals surface area (Å²) in [6, 6.07) is 6.16. The zero-order valence-electron chi connectivity index (χ0n) is 10.2. The number of aromatic nitrogens is 1. The molecule has 0 saturated heterocycles. The zero-order valence-corrected chi connectivity index (χ0v) is 10.2. The second-order valence-corrected chi connectivity index (χ2v) is 3.88. The first-order valence-electron chi connectivity index (χ1n) is 5.67. The van der Waals surface area contributed by atoms with Gasteiger partial charge in [-0.2, -0.15) is 0 Å². The van der Waals surface area contributed by atoms with Crippen molar-refractivity contribution < 1.29 is 13.2 Å². The second kappa shape index (κ2) is 5.17. The van der Waals surface area contributed by atoms with Gasteiger partial charge in [0.25, 0.3) is 0 Å². The van der Waals surface area contributed by atoms with E-state index in [9.17, 15) is 13.2 Å². The van der Waals surface area contributed by atoms with Crippen LogP contribution in [0.2, 0.25) is 0 Å². The molecule has 2 N–H and O–H groups in total. The number of halogens is 3. The maximum absolute atomic E-state index is 13.8. The van der Waals surface area contributed by atoms with Crippen LogP contribution in [0.4, 0.5) is 30.5 Å². The molecule has 1 aromatic carbocycles. The lowest BCUT2D eigenvalue weighted by atomic mass is 10.2. The van der Waals surface area contributed by atoms with Crippen LogP contribution in [0, 0.1) is 17.5 Å². The number of rotatable bonds is 3. The van der Waals surface area contributed by atoms with E-state index in [-0.39, 0.29) is 11.6 Å². The molecule has 0 saturated carbocycles. The first kappa shape index (κ1) is 13.2. The normalized spacial score (nSPS) is 10.5. The van der Waals surface area contributed by atoms with E-state index in [2.05, 4.69) is 4.98 Å². The van der Waals surface area contributed by atoms with Crippen LogP contribution < -0.4 is 10.6 Å². The van der Waals surface area contributed by atoms with Crippen molar-refractivity contribution in [2.24, 2.45) is 0 Å². The Hall–Kier alpha value is -2.24. The minimum absolute atomic E-state index is 0.0898. The van der Waals surface area contributed by atoms with Crippen LogP contribution in [0.5, 0.6) is 0 Å². The number of nitrogens with zero attached hydrogens (tertiary/aromatic N) is 2. The highest BCUT2D eigenvalue weighted by atomic mass is 19.1. The average Bonchev–Trinajstić information content (AvgIpc) is 2.38. The first-order valence-corrected chi connectivity index (χ1v) is 5.67. The number of benzene rings is 1. The smallest absolute Gasteiger partial charge is 0.171 e. The Labute approximate surface area is 108 Å². The van der Waals surface area contributed by atoms with Crippen LogP contribution in [0.15, 0.2) is 30.3 Å². The Kier molecular flexibility index (Phi) is 3.59. The molecule has 3 nitrogen and oxygen atoms in total. The van der Waals surface area contributed by atoms with E-state index in [4.69, 9.17) is 5.73 Å². The van der Waals surface area contributed by atoms with Crippen molar-refractivity contribution in [1.29, 1.82) is 0 Å². The van der Waals surface area contributed by atoms with E-state index in [0.29, 0.717) is 18.3 Å². The van der Waals surface area contributed by atoms with Gasteiger partial charge in [-0.25, -0.2) is 18.2 Å². The highest BCUT2D eigenvalue weighted by molar-refractivity contribution is 5.61. The molecule has 2 aromatic rings.